The van der Waals surface area contributed by atoms with E-state index < -0.39 is 6.04 Å². The van der Waals surface area contributed by atoms with Gasteiger partial charge in [0, 0.05) is 38.3 Å². The molecule has 1 atom stereocenters. The highest BCUT2D eigenvalue weighted by Gasteiger charge is 2.32. The zero-order valence-corrected chi connectivity index (χ0v) is 19.8. The van der Waals surface area contributed by atoms with Gasteiger partial charge in [0.05, 0.1) is 6.54 Å². The lowest BCUT2D eigenvalue weighted by Crippen LogP contribution is -2.48. The van der Waals surface area contributed by atoms with Gasteiger partial charge in [-0.15, -0.1) is 5.10 Å². The van der Waals surface area contributed by atoms with Gasteiger partial charge in [-0.1, -0.05) is 54.6 Å². The number of ether oxygens (including phenoxy) is 2. The van der Waals surface area contributed by atoms with Crippen LogP contribution in [0.15, 0.2) is 72.8 Å². The van der Waals surface area contributed by atoms with Crippen molar-refractivity contribution in [2.75, 3.05) is 33.0 Å². The molecule has 6 rings (SSSR count). The van der Waals surface area contributed by atoms with E-state index in [-0.39, 0.29) is 12.6 Å². The maximum atomic E-state index is 15.1. The third-order valence-corrected chi connectivity index (χ3v) is 6.79. The van der Waals surface area contributed by atoms with E-state index in [1.54, 1.807) is 10.7 Å². The second-order valence-corrected chi connectivity index (χ2v) is 9.10. The van der Waals surface area contributed by atoms with E-state index in [4.69, 9.17) is 9.47 Å². The van der Waals surface area contributed by atoms with Crippen LogP contribution >= 0.6 is 0 Å². The number of aromatic nitrogens is 4. The highest BCUT2D eigenvalue weighted by Crippen LogP contribution is 2.34. The normalized spacial score (nSPS) is 16.8. The Labute approximate surface area is 208 Å². The van der Waals surface area contributed by atoms with Crippen molar-refractivity contribution in [3.8, 4) is 11.5 Å². The van der Waals surface area contributed by atoms with Crippen molar-refractivity contribution < 1.29 is 13.9 Å². The van der Waals surface area contributed by atoms with E-state index in [2.05, 4.69) is 49.6 Å². The fourth-order valence-electron chi connectivity index (χ4n) is 4.95. The monoisotopic (exact) mass is 486 g/mol. The number of piperazine rings is 1. The molecule has 0 bridgehead atoms. The molecule has 8 nitrogen and oxygen atoms in total. The first-order chi connectivity index (χ1) is 17.7. The first-order valence-corrected chi connectivity index (χ1v) is 12.1. The van der Waals surface area contributed by atoms with Crippen molar-refractivity contribution in [1.29, 1.82) is 0 Å². The quantitative estimate of drug-likeness (QED) is 0.396. The molecular formula is C27H27FN6O2. The van der Waals surface area contributed by atoms with Gasteiger partial charge in [-0.2, -0.15) is 0 Å². The molecule has 2 aliphatic heterocycles. The highest BCUT2D eigenvalue weighted by atomic mass is 19.1. The lowest BCUT2D eigenvalue weighted by Gasteiger charge is -2.39. The summed E-state index contributed by atoms with van der Waals surface area (Å²) in [5, 5.41) is 12.6. The van der Waals surface area contributed by atoms with Gasteiger partial charge in [-0.3, -0.25) is 9.80 Å². The van der Waals surface area contributed by atoms with E-state index in [9.17, 15) is 0 Å². The molecule has 0 N–H and O–H groups in total. The minimum atomic E-state index is -0.394. The minimum absolute atomic E-state index is 0.223. The number of fused-ring (bicyclic) bond motifs is 1. The fraction of sp³-hybridized carbons (Fsp3) is 0.296. The molecule has 0 aliphatic carbocycles. The minimum Gasteiger partial charge on any atom is -0.454 e. The van der Waals surface area contributed by atoms with Crippen molar-refractivity contribution in [3.63, 3.8) is 0 Å². The lowest BCUT2D eigenvalue weighted by molar-refractivity contribution is 0.0990. The molecule has 0 unspecified atom stereocenters. The number of rotatable bonds is 7. The number of nitrogens with zero attached hydrogens (tertiary/aromatic N) is 6. The van der Waals surface area contributed by atoms with Crippen molar-refractivity contribution >= 4 is 0 Å². The molecule has 1 saturated heterocycles. The lowest BCUT2D eigenvalue weighted by atomic mass is 10.0. The summed E-state index contributed by atoms with van der Waals surface area (Å²) >= 11 is 0. The van der Waals surface area contributed by atoms with Crippen LogP contribution < -0.4 is 9.47 Å². The Morgan fingerprint density at radius 1 is 0.806 bits per heavy atom. The first kappa shape index (κ1) is 22.6. The van der Waals surface area contributed by atoms with Crippen LogP contribution in [-0.4, -0.2) is 63.0 Å². The van der Waals surface area contributed by atoms with E-state index >= 15 is 4.39 Å². The second kappa shape index (κ2) is 10.0. The maximum Gasteiger partial charge on any atom is 0.231 e. The summed E-state index contributed by atoms with van der Waals surface area (Å²) < 4.78 is 27.8. The van der Waals surface area contributed by atoms with Crippen molar-refractivity contribution in [3.05, 3.63) is 101 Å². The van der Waals surface area contributed by atoms with Crippen molar-refractivity contribution in [2.24, 2.45) is 0 Å². The summed E-state index contributed by atoms with van der Waals surface area (Å²) in [5.41, 5.74) is 2.85. The topological polar surface area (TPSA) is 68.5 Å². The fourth-order valence-corrected chi connectivity index (χ4v) is 4.95. The van der Waals surface area contributed by atoms with Crippen molar-refractivity contribution in [2.45, 2.75) is 19.1 Å². The Kier molecular flexibility index (Phi) is 6.31. The predicted molar refractivity (Wildman–Crippen MR) is 131 cm³/mol. The standard InChI is InChI=1S/C27H27FN6O2/c28-23-9-5-4-8-22(23)26(33-14-12-32(13-15-33)17-20-6-2-1-3-7-20)27-29-30-31-34(27)18-21-10-11-24-25(16-21)36-19-35-24/h1-11,16,26H,12-15,17-19H2/t26-/m1/s1. The molecule has 3 aromatic carbocycles. The molecule has 184 valence electrons. The van der Waals surface area contributed by atoms with E-state index in [1.165, 1.54) is 11.6 Å². The summed E-state index contributed by atoms with van der Waals surface area (Å²) in [4.78, 5) is 4.71. The Balaban J connectivity index is 1.25. The highest BCUT2D eigenvalue weighted by molar-refractivity contribution is 5.44. The van der Waals surface area contributed by atoms with Crippen LogP contribution in [-0.2, 0) is 13.1 Å². The van der Waals surface area contributed by atoms with Crippen LogP contribution in [0.25, 0.3) is 0 Å². The molecule has 3 heterocycles. The van der Waals surface area contributed by atoms with E-state index in [0.29, 0.717) is 23.7 Å². The van der Waals surface area contributed by atoms with Gasteiger partial charge in [0.2, 0.25) is 6.79 Å². The van der Waals surface area contributed by atoms with Crippen molar-refractivity contribution in [1.82, 2.24) is 30.0 Å². The Hall–Kier alpha value is -3.82. The number of halogens is 1. The van der Waals surface area contributed by atoms with Gasteiger partial charge in [-0.25, -0.2) is 9.07 Å². The SMILES string of the molecule is Fc1ccccc1[C@H](c1nnnn1Cc1ccc2c(c1)OCO2)N1CCN(Cc2ccccc2)CC1. The smallest absolute Gasteiger partial charge is 0.231 e. The molecule has 2 aliphatic rings. The Bertz CT molecular complexity index is 1320. The number of hydrogen-bond acceptors (Lipinski definition) is 7. The van der Waals surface area contributed by atoms with Crippen LogP contribution in [0.3, 0.4) is 0 Å². The summed E-state index contributed by atoms with van der Waals surface area (Å²) in [6, 6.07) is 22.8. The van der Waals surface area contributed by atoms with E-state index in [1.807, 2.05) is 36.4 Å². The second-order valence-electron chi connectivity index (χ2n) is 9.10. The molecule has 0 amide bonds. The van der Waals surface area contributed by atoms with Crippen LogP contribution in [0, 0.1) is 5.82 Å². The van der Waals surface area contributed by atoms with Gasteiger partial charge in [-0.05, 0) is 39.8 Å². The number of benzene rings is 3. The average molecular weight is 487 g/mol. The summed E-state index contributed by atoms with van der Waals surface area (Å²) in [6.07, 6.45) is 0. The first-order valence-electron chi connectivity index (χ1n) is 12.1. The average Bonchev–Trinajstić information content (AvgIpc) is 3.56. The van der Waals surface area contributed by atoms with Crippen LogP contribution in [0.1, 0.15) is 28.6 Å². The van der Waals surface area contributed by atoms with Gasteiger partial charge < -0.3 is 9.47 Å². The number of hydrogen-bond donors (Lipinski definition) is 0. The number of tetrazole rings is 1. The third-order valence-electron chi connectivity index (χ3n) is 6.79. The van der Waals surface area contributed by atoms with Gasteiger partial charge in [0.1, 0.15) is 11.9 Å². The van der Waals surface area contributed by atoms with Crippen LogP contribution in [0.2, 0.25) is 0 Å². The predicted octanol–water partition coefficient (Wildman–Crippen LogP) is 3.50. The van der Waals surface area contributed by atoms with Gasteiger partial charge in [0.25, 0.3) is 0 Å². The largest absolute Gasteiger partial charge is 0.454 e. The molecule has 1 aromatic heterocycles. The molecule has 36 heavy (non-hydrogen) atoms. The summed E-state index contributed by atoms with van der Waals surface area (Å²) in [6.45, 7) is 4.89. The van der Waals surface area contributed by atoms with Gasteiger partial charge >= 0.3 is 0 Å². The molecule has 9 heteroatoms. The zero-order chi connectivity index (χ0) is 24.3. The summed E-state index contributed by atoms with van der Waals surface area (Å²) in [5.74, 6) is 1.80. The van der Waals surface area contributed by atoms with Crippen LogP contribution in [0.5, 0.6) is 11.5 Å². The molecular weight excluding hydrogens is 459 g/mol. The molecule has 0 radical (unpaired) electrons. The molecule has 0 spiro atoms. The molecule has 4 aromatic rings. The molecule has 0 saturated carbocycles. The van der Waals surface area contributed by atoms with Crippen LogP contribution in [0.4, 0.5) is 4.39 Å². The zero-order valence-electron chi connectivity index (χ0n) is 19.8. The van der Waals surface area contributed by atoms with E-state index in [0.717, 1.165) is 44.0 Å². The Morgan fingerprint density at radius 3 is 2.42 bits per heavy atom. The maximum absolute atomic E-state index is 15.1. The third kappa shape index (κ3) is 4.67. The molecule has 1 fully saturated rings. The van der Waals surface area contributed by atoms with Gasteiger partial charge in [0.15, 0.2) is 17.3 Å². The Morgan fingerprint density at radius 2 is 1.58 bits per heavy atom. The summed E-state index contributed by atoms with van der Waals surface area (Å²) in [7, 11) is 0.